The van der Waals surface area contributed by atoms with Gasteiger partial charge in [-0.05, 0) is 35.4 Å². The molecule has 13 heavy (non-hydrogen) atoms. The molecule has 0 unspecified atom stereocenters. The molecule has 0 bridgehead atoms. The van der Waals surface area contributed by atoms with Gasteiger partial charge in [-0.15, -0.1) is 11.3 Å². The first-order chi connectivity index (χ1) is 6.24. The molecular formula is C10H11NOS. The summed E-state index contributed by atoms with van der Waals surface area (Å²) < 4.78 is 1.19. The fourth-order valence-electron chi connectivity index (χ4n) is 1.50. The van der Waals surface area contributed by atoms with E-state index in [1.807, 2.05) is 18.4 Å². The molecule has 3 N–H and O–H groups in total. The molecule has 2 rings (SSSR count). The minimum absolute atomic E-state index is 0.0144. The normalized spacial score (nSPS) is 10.9. The summed E-state index contributed by atoms with van der Waals surface area (Å²) in [5.41, 5.74) is 8.48. The lowest BCUT2D eigenvalue weighted by Gasteiger charge is -2.06. The second-order valence-corrected chi connectivity index (χ2v) is 4.01. The molecule has 0 aliphatic rings. The highest BCUT2D eigenvalue weighted by atomic mass is 32.1. The Bertz CT molecular complexity index is 447. The first-order valence-electron chi connectivity index (χ1n) is 4.10. The van der Waals surface area contributed by atoms with Crippen LogP contribution in [0.2, 0.25) is 0 Å². The van der Waals surface area contributed by atoms with Crippen molar-refractivity contribution in [3.8, 4) is 0 Å². The zero-order chi connectivity index (χ0) is 9.42. The van der Waals surface area contributed by atoms with E-state index in [4.69, 9.17) is 10.8 Å². The molecule has 1 heterocycles. The lowest BCUT2D eigenvalue weighted by Crippen LogP contribution is -1.96. The third-order valence-electron chi connectivity index (χ3n) is 2.32. The van der Waals surface area contributed by atoms with Gasteiger partial charge in [-0.1, -0.05) is 0 Å². The molecule has 0 saturated carbocycles. The maximum Gasteiger partial charge on any atom is 0.0702 e. The lowest BCUT2D eigenvalue weighted by atomic mass is 10.1. The predicted molar refractivity (Wildman–Crippen MR) is 56.9 cm³/mol. The molecule has 0 amide bonds. The maximum absolute atomic E-state index is 9.06. The Morgan fingerprint density at radius 2 is 2.31 bits per heavy atom. The average molecular weight is 193 g/mol. The topological polar surface area (TPSA) is 46.2 Å². The molecule has 2 nitrogen and oxygen atoms in total. The molecule has 3 heteroatoms. The number of aliphatic hydroxyl groups is 1. The summed E-state index contributed by atoms with van der Waals surface area (Å²) in [4.78, 5) is 0. The van der Waals surface area contributed by atoms with Crippen LogP contribution < -0.4 is 5.73 Å². The number of fused-ring (bicyclic) bond motifs is 1. The van der Waals surface area contributed by atoms with Gasteiger partial charge in [-0.2, -0.15) is 0 Å². The Morgan fingerprint density at radius 3 is 3.00 bits per heavy atom. The highest BCUT2D eigenvalue weighted by Crippen LogP contribution is 2.30. The van der Waals surface area contributed by atoms with E-state index < -0.39 is 0 Å². The van der Waals surface area contributed by atoms with Crippen LogP contribution in [-0.4, -0.2) is 5.11 Å². The van der Waals surface area contributed by atoms with E-state index in [9.17, 15) is 0 Å². The zero-order valence-electron chi connectivity index (χ0n) is 7.37. The number of hydrogen-bond donors (Lipinski definition) is 2. The second-order valence-electron chi connectivity index (χ2n) is 3.06. The highest BCUT2D eigenvalue weighted by molar-refractivity contribution is 7.17. The van der Waals surface area contributed by atoms with Gasteiger partial charge in [0.1, 0.15) is 0 Å². The minimum atomic E-state index is 0.0144. The number of nitrogen functional groups attached to an aromatic ring is 1. The predicted octanol–water partition coefficient (Wildman–Crippen LogP) is 2.28. The van der Waals surface area contributed by atoms with Crippen LogP contribution in [0.3, 0.4) is 0 Å². The van der Waals surface area contributed by atoms with E-state index in [2.05, 4.69) is 6.07 Å². The van der Waals surface area contributed by atoms with Crippen LogP contribution in [0.1, 0.15) is 11.1 Å². The van der Waals surface area contributed by atoms with Crippen LogP contribution in [0.5, 0.6) is 0 Å². The fraction of sp³-hybridized carbons (Fsp3) is 0.200. The van der Waals surface area contributed by atoms with Crippen molar-refractivity contribution in [2.24, 2.45) is 0 Å². The van der Waals surface area contributed by atoms with Crippen molar-refractivity contribution in [2.45, 2.75) is 13.5 Å². The van der Waals surface area contributed by atoms with Crippen molar-refractivity contribution in [3.63, 3.8) is 0 Å². The van der Waals surface area contributed by atoms with Crippen molar-refractivity contribution in [1.82, 2.24) is 0 Å². The first-order valence-corrected chi connectivity index (χ1v) is 4.98. The average Bonchev–Trinajstić information content (AvgIpc) is 2.59. The SMILES string of the molecule is Cc1c(N)c(CO)cc2sccc12. The van der Waals surface area contributed by atoms with Gasteiger partial charge in [-0.25, -0.2) is 0 Å². The standard InChI is InChI=1S/C10H11NOS/c1-6-8-2-3-13-9(8)4-7(5-12)10(6)11/h2-4,12H,5,11H2,1H3. The maximum atomic E-state index is 9.06. The van der Waals surface area contributed by atoms with Crippen molar-refractivity contribution in [3.05, 3.63) is 28.6 Å². The van der Waals surface area contributed by atoms with Gasteiger partial charge in [-0.3, -0.25) is 0 Å². The number of aliphatic hydroxyl groups excluding tert-OH is 1. The number of anilines is 1. The Morgan fingerprint density at radius 1 is 1.54 bits per heavy atom. The van der Waals surface area contributed by atoms with E-state index in [1.165, 1.54) is 10.1 Å². The monoisotopic (exact) mass is 193 g/mol. The van der Waals surface area contributed by atoms with Crippen molar-refractivity contribution >= 4 is 27.1 Å². The number of thiophene rings is 1. The van der Waals surface area contributed by atoms with Gasteiger partial charge in [0.15, 0.2) is 0 Å². The summed E-state index contributed by atoms with van der Waals surface area (Å²) in [6, 6.07) is 4.02. The molecule has 1 aromatic heterocycles. The minimum Gasteiger partial charge on any atom is -0.398 e. The number of nitrogens with two attached hydrogens (primary N) is 1. The Balaban J connectivity index is 2.83. The molecule has 1 aromatic carbocycles. The van der Waals surface area contributed by atoms with Crippen LogP contribution in [0.4, 0.5) is 5.69 Å². The van der Waals surface area contributed by atoms with Gasteiger partial charge in [0.05, 0.1) is 6.61 Å². The number of rotatable bonds is 1. The Labute approximate surface area is 80.6 Å². The van der Waals surface area contributed by atoms with E-state index in [-0.39, 0.29) is 6.61 Å². The summed E-state index contributed by atoms with van der Waals surface area (Å²) in [6.45, 7) is 2.00. The van der Waals surface area contributed by atoms with E-state index in [1.54, 1.807) is 11.3 Å². The molecular weight excluding hydrogens is 182 g/mol. The summed E-state index contributed by atoms with van der Waals surface area (Å²) in [5, 5.41) is 12.3. The summed E-state index contributed by atoms with van der Waals surface area (Å²) in [5.74, 6) is 0. The molecule has 0 spiro atoms. The highest BCUT2D eigenvalue weighted by Gasteiger charge is 2.06. The summed E-state index contributed by atoms with van der Waals surface area (Å²) in [7, 11) is 0. The zero-order valence-corrected chi connectivity index (χ0v) is 8.19. The van der Waals surface area contributed by atoms with Gasteiger partial charge in [0, 0.05) is 16.0 Å². The largest absolute Gasteiger partial charge is 0.398 e. The van der Waals surface area contributed by atoms with E-state index in [0.29, 0.717) is 5.69 Å². The van der Waals surface area contributed by atoms with Crippen LogP contribution in [0.15, 0.2) is 17.5 Å². The van der Waals surface area contributed by atoms with E-state index >= 15 is 0 Å². The molecule has 68 valence electrons. The van der Waals surface area contributed by atoms with Gasteiger partial charge in [0.2, 0.25) is 0 Å². The van der Waals surface area contributed by atoms with Crippen molar-refractivity contribution in [1.29, 1.82) is 0 Å². The van der Waals surface area contributed by atoms with Crippen LogP contribution in [0, 0.1) is 6.92 Å². The number of hydrogen-bond acceptors (Lipinski definition) is 3. The second kappa shape index (κ2) is 3.01. The number of benzene rings is 1. The summed E-state index contributed by atoms with van der Waals surface area (Å²) >= 11 is 1.67. The fourth-order valence-corrected chi connectivity index (χ4v) is 2.40. The van der Waals surface area contributed by atoms with Crippen LogP contribution in [0.25, 0.3) is 10.1 Å². The molecule has 2 aromatic rings. The molecule has 0 atom stereocenters. The molecule has 0 radical (unpaired) electrons. The van der Waals surface area contributed by atoms with Gasteiger partial charge in [0.25, 0.3) is 0 Å². The van der Waals surface area contributed by atoms with Crippen LogP contribution in [-0.2, 0) is 6.61 Å². The lowest BCUT2D eigenvalue weighted by molar-refractivity contribution is 0.282. The van der Waals surface area contributed by atoms with Gasteiger partial charge >= 0.3 is 0 Å². The third kappa shape index (κ3) is 1.20. The molecule has 0 aliphatic heterocycles. The van der Waals surface area contributed by atoms with E-state index in [0.717, 1.165) is 11.1 Å². The van der Waals surface area contributed by atoms with Gasteiger partial charge < -0.3 is 10.8 Å². The quantitative estimate of drug-likeness (QED) is 0.682. The third-order valence-corrected chi connectivity index (χ3v) is 3.19. The Hall–Kier alpha value is -1.06. The van der Waals surface area contributed by atoms with Crippen molar-refractivity contribution in [2.75, 3.05) is 5.73 Å². The molecule has 0 fully saturated rings. The smallest absolute Gasteiger partial charge is 0.0702 e. The molecule has 0 saturated heterocycles. The summed E-state index contributed by atoms with van der Waals surface area (Å²) in [6.07, 6.45) is 0. The Kier molecular flexibility index (Phi) is 1.98. The number of aryl methyl sites for hydroxylation is 1. The van der Waals surface area contributed by atoms with Crippen LogP contribution >= 0.6 is 11.3 Å². The van der Waals surface area contributed by atoms with Crippen molar-refractivity contribution < 1.29 is 5.11 Å². The first kappa shape index (κ1) is 8.53. The molecule has 0 aliphatic carbocycles.